The third-order valence-electron chi connectivity index (χ3n) is 5.23. The van der Waals surface area contributed by atoms with Crippen LogP contribution in [0.4, 0.5) is 22.0 Å². The van der Waals surface area contributed by atoms with Crippen molar-refractivity contribution in [3.8, 4) is 0 Å². The van der Waals surface area contributed by atoms with E-state index in [4.69, 9.17) is 0 Å². The van der Waals surface area contributed by atoms with E-state index in [0.29, 0.717) is 22.3 Å². The third kappa shape index (κ3) is 4.37. The molecule has 0 amide bonds. The van der Waals surface area contributed by atoms with Crippen LogP contribution in [0.1, 0.15) is 29.5 Å². The molecule has 3 rings (SSSR count). The first kappa shape index (κ1) is 21.5. The standard InChI is InChI=1S/C21H19F5O2S/c1-29(27,28)17-8-4-15(5-9-17)19-11-20(12-22,13-23)10-18(19)14-2-6-16(7-3-14)21(24,25)26/h2-9H,10-13H2,1H3. The number of sulfone groups is 1. The highest BCUT2D eigenvalue weighted by atomic mass is 32.2. The van der Waals surface area contributed by atoms with Crippen LogP contribution in [-0.2, 0) is 16.0 Å². The Bertz CT molecular complexity index is 1020. The summed E-state index contributed by atoms with van der Waals surface area (Å²) in [6.07, 6.45) is -3.28. The molecule has 1 aliphatic carbocycles. The van der Waals surface area contributed by atoms with Gasteiger partial charge in [-0.25, -0.2) is 8.42 Å². The molecule has 2 nitrogen and oxygen atoms in total. The number of halogens is 5. The van der Waals surface area contributed by atoms with Gasteiger partial charge in [-0.2, -0.15) is 13.2 Å². The molecule has 0 aromatic heterocycles. The average molecular weight is 430 g/mol. The topological polar surface area (TPSA) is 34.1 Å². The summed E-state index contributed by atoms with van der Waals surface area (Å²) in [7, 11) is -3.40. The zero-order valence-corrected chi connectivity index (χ0v) is 16.4. The highest BCUT2D eigenvalue weighted by Crippen LogP contribution is 2.51. The van der Waals surface area contributed by atoms with Crippen molar-refractivity contribution in [3.63, 3.8) is 0 Å². The van der Waals surface area contributed by atoms with E-state index in [1.165, 1.54) is 24.3 Å². The van der Waals surface area contributed by atoms with Gasteiger partial charge < -0.3 is 0 Å². The SMILES string of the molecule is CS(=O)(=O)c1ccc(C2=C(c3ccc(C(F)(F)F)cc3)CC(CF)(CF)C2)cc1. The second-order valence-corrected chi connectivity index (χ2v) is 9.47. The summed E-state index contributed by atoms with van der Waals surface area (Å²) in [5, 5.41) is 0. The molecule has 0 saturated heterocycles. The predicted octanol–water partition coefficient (Wildman–Crippen LogP) is 5.74. The molecule has 2 aromatic rings. The van der Waals surface area contributed by atoms with Crippen LogP contribution in [0, 0.1) is 5.41 Å². The van der Waals surface area contributed by atoms with Gasteiger partial charge in [-0.05, 0) is 59.4 Å². The van der Waals surface area contributed by atoms with Gasteiger partial charge in [-0.3, -0.25) is 8.78 Å². The molecule has 0 heterocycles. The van der Waals surface area contributed by atoms with Gasteiger partial charge in [0, 0.05) is 11.7 Å². The predicted molar refractivity (Wildman–Crippen MR) is 101 cm³/mol. The van der Waals surface area contributed by atoms with Gasteiger partial charge >= 0.3 is 6.18 Å². The van der Waals surface area contributed by atoms with Crippen LogP contribution in [0.25, 0.3) is 11.1 Å². The summed E-state index contributed by atoms with van der Waals surface area (Å²) in [5.74, 6) is 0. The molecular formula is C21H19F5O2S. The minimum atomic E-state index is -4.48. The largest absolute Gasteiger partial charge is 0.416 e. The fraction of sp³-hybridized carbons (Fsp3) is 0.333. The minimum Gasteiger partial charge on any atom is -0.250 e. The van der Waals surface area contributed by atoms with E-state index in [0.717, 1.165) is 18.4 Å². The summed E-state index contributed by atoms with van der Waals surface area (Å²) < 4.78 is 89.2. The molecular weight excluding hydrogens is 411 g/mol. The Labute approximate surface area is 166 Å². The highest BCUT2D eigenvalue weighted by molar-refractivity contribution is 7.90. The van der Waals surface area contributed by atoms with E-state index >= 15 is 0 Å². The van der Waals surface area contributed by atoms with Crippen LogP contribution in [0.3, 0.4) is 0 Å². The van der Waals surface area contributed by atoms with Gasteiger partial charge in [0.1, 0.15) is 0 Å². The number of allylic oxidation sites excluding steroid dienone is 2. The lowest BCUT2D eigenvalue weighted by Gasteiger charge is -2.22. The number of hydrogen-bond donors (Lipinski definition) is 0. The fourth-order valence-electron chi connectivity index (χ4n) is 3.57. The first-order valence-corrected chi connectivity index (χ1v) is 10.7. The molecule has 1 aliphatic rings. The van der Waals surface area contributed by atoms with Gasteiger partial charge in [-0.1, -0.05) is 24.3 Å². The summed E-state index contributed by atoms with van der Waals surface area (Å²) in [6, 6.07) is 10.4. The first-order valence-electron chi connectivity index (χ1n) is 8.81. The minimum absolute atomic E-state index is 0.0501. The van der Waals surface area contributed by atoms with Gasteiger partial charge in [0.2, 0.25) is 0 Å². The van der Waals surface area contributed by atoms with Crippen LogP contribution < -0.4 is 0 Å². The van der Waals surface area contributed by atoms with E-state index < -0.39 is 40.3 Å². The van der Waals surface area contributed by atoms with Gasteiger partial charge in [0.15, 0.2) is 9.84 Å². The van der Waals surface area contributed by atoms with Crippen LogP contribution >= 0.6 is 0 Å². The Morgan fingerprint density at radius 1 is 0.828 bits per heavy atom. The van der Waals surface area contributed by atoms with Crippen molar-refractivity contribution in [1.82, 2.24) is 0 Å². The van der Waals surface area contributed by atoms with E-state index in [2.05, 4.69) is 0 Å². The molecule has 0 atom stereocenters. The molecule has 0 unspecified atom stereocenters. The molecule has 0 aliphatic heterocycles. The number of alkyl halides is 5. The van der Waals surface area contributed by atoms with E-state index in [-0.39, 0.29) is 17.7 Å². The maximum atomic E-state index is 13.7. The quantitative estimate of drug-likeness (QED) is 0.567. The lowest BCUT2D eigenvalue weighted by Crippen LogP contribution is -2.22. The van der Waals surface area contributed by atoms with E-state index in [1.54, 1.807) is 12.1 Å². The van der Waals surface area contributed by atoms with Crippen molar-refractivity contribution in [2.75, 3.05) is 19.6 Å². The van der Waals surface area contributed by atoms with Crippen LogP contribution in [-0.4, -0.2) is 28.0 Å². The van der Waals surface area contributed by atoms with Crippen LogP contribution in [0.5, 0.6) is 0 Å². The van der Waals surface area contributed by atoms with Crippen LogP contribution in [0.15, 0.2) is 53.4 Å². The van der Waals surface area contributed by atoms with Crippen molar-refractivity contribution in [2.24, 2.45) is 5.41 Å². The molecule has 29 heavy (non-hydrogen) atoms. The zero-order chi connectivity index (χ0) is 21.4. The molecule has 0 N–H and O–H groups in total. The Balaban J connectivity index is 2.08. The summed E-state index contributed by atoms with van der Waals surface area (Å²) in [4.78, 5) is 0.109. The Hall–Kier alpha value is -2.22. The van der Waals surface area contributed by atoms with Crippen molar-refractivity contribution in [2.45, 2.75) is 23.9 Å². The maximum absolute atomic E-state index is 13.7. The summed E-state index contributed by atoms with van der Waals surface area (Å²) in [5.41, 5.74) is 0.172. The van der Waals surface area contributed by atoms with E-state index in [1.807, 2.05) is 0 Å². The van der Waals surface area contributed by atoms with Crippen molar-refractivity contribution >= 4 is 21.0 Å². The van der Waals surface area contributed by atoms with Crippen molar-refractivity contribution in [3.05, 3.63) is 65.2 Å². The van der Waals surface area contributed by atoms with Gasteiger partial charge in [0.05, 0.1) is 23.8 Å². The first-order chi connectivity index (χ1) is 13.5. The molecule has 156 valence electrons. The third-order valence-corrected chi connectivity index (χ3v) is 6.35. The smallest absolute Gasteiger partial charge is 0.250 e. The zero-order valence-electron chi connectivity index (χ0n) is 15.6. The molecule has 2 aromatic carbocycles. The lowest BCUT2D eigenvalue weighted by molar-refractivity contribution is -0.137. The van der Waals surface area contributed by atoms with Crippen molar-refractivity contribution < 1.29 is 30.4 Å². The summed E-state index contributed by atoms with van der Waals surface area (Å²) >= 11 is 0. The molecule has 0 saturated carbocycles. The second-order valence-electron chi connectivity index (χ2n) is 7.45. The maximum Gasteiger partial charge on any atom is 0.416 e. The molecule has 8 heteroatoms. The van der Waals surface area contributed by atoms with Gasteiger partial charge in [0.25, 0.3) is 0 Å². The number of benzene rings is 2. The Morgan fingerprint density at radius 2 is 1.24 bits per heavy atom. The molecule has 0 bridgehead atoms. The van der Waals surface area contributed by atoms with E-state index in [9.17, 15) is 30.4 Å². The fourth-order valence-corrected chi connectivity index (χ4v) is 4.20. The number of hydrogen-bond acceptors (Lipinski definition) is 2. The molecule has 0 fully saturated rings. The second kappa shape index (κ2) is 7.55. The van der Waals surface area contributed by atoms with Gasteiger partial charge in [-0.15, -0.1) is 0 Å². The lowest BCUT2D eigenvalue weighted by atomic mass is 9.85. The summed E-state index contributed by atoms with van der Waals surface area (Å²) in [6.45, 7) is -1.81. The molecule has 0 spiro atoms. The molecule has 0 radical (unpaired) electrons. The van der Waals surface area contributed by atoms with Crippen molar-refractivity contribution in [1.29, 1.82) is 0 Å². The highest BCUT2D eigenvalue weighted by Gasteiger charge is 2.40. The Morgan fingerprint density at radius 3 is 1.59 bits per heavy atom. The van der Waals surface area contributed by atoms with Crippen LogP contribution in [0.2, 0.25) is 0 Å². The Kier molecular flexibility index (Phi) is 5.60. The average Bonchev–Trinajstić information content (AvgIpc) is 3.07. The number of rotatable bonds is 5. The normalized spacial score (nSPS) is 17.0. The monoisotopic (exact) mass is 430 g/mol.